The Hall–Kier alpha value is -3.65. The quantitative estimate of drug-likeness (QED) is 0.405. The van der Waals surface area contributed by atoms with Crippen LogP contribution in [0.15, 0.2) is 71.6 Å². The van der Waals surface area contributed by atoms with Crippen molar-refractivity contribution in [1.29, 1.82) is 0 Å². The molecule has 0 saturated heterocycles. The van der Waals surface area contributed by atoms with Gasteiger partial charge in [-0.2, -0.15) is 0 Å². The minimum Gasteiger partial charge on any atom is -0.496 e. The molecule has 0 radical (unpaired) electrons. The predicted octanol–water partition coefficient (Wildman–Crippen LogP) is 5.09. The summed E-state index contributed by atoms with van der Waals surface area (Å²) in [7, 11) is 3.00. The van der Waals surface area contributed by atoms with Gasteiger partial charge in [0.25, 0.3) is 5.91 Å². The molecule has 0 saturated carbocycles. The summed E-state index contributed by atoms with van der Waals surface area (Å²) in [6.07, 6.45) is 0. The largest absolute Gasteiger partial charge is 0.496 e. The van der Waals surface area contributed by atoms with E-state index in [1.807, 2.05) is 43.3 Å². The summed E-state index contributed by atoms with van der Waals surface area (Å²) in [5.74, 6) is 1.17. The van der Waals surface area contributed by atoms with Gasteiger partial charge in [0.1, 0.15) is 22.8 Å². The lowest BCUT2D eigenvalue weighted by Gasteiger charge is -2.13. The first-order chi connectivity index (χ1) is 16.0. The summed E-state index contributed by atoms with van der Waals surface area (Å²) in [5.41, 5.74) is 1.55. The van der Waals surface area contributed by atoms with Crippen LogP contribution in [-0.2, 0) is 4.79 Å². The van der Waals surface area contributed by atoms with Crippen LogP contribution in [0.25, 0.3) is 0 Å². The molecule has 3 rings (SSSR count). The number of hydrogen-bond donors (Lipinski definition) is 2. The van der Waals surface area contributed by atoms with E-state index in [-0.39, 0.29) is 17.6 Å². The second-order valence-electron chi connectivity index (χ2n) is 6.79. The lowest BCUT2D eigenvalue weighted by molar-refractivity contribution is -0.113. The molecule has 172 valence electrons. The van der Waals surface area contributed by atoms with Gasteiger partial charge >= 0.3 is 0 Å². The molecule has 8 heteroatoms. The molecule has 2 N–H and O–H groups in total. The van der Waals surface area contributed by atoms with Gasteiger partial charge in [0.2, 0.25) is 5.91 Å². The van der Waals surface area contributed by atoms with E-state index in [9.17, 15) is 9.59 Å². The van der Waals surface area contributed by atoms with Crippen LogP contribution in [0.2, 0.25) is 0 Å². The van der Waals surface area contributed by atoms with Crippen molar-refractivity contribution >= 4 is 35.0 Å². The van der Waals surface area contributed by atoms with E-state index in [0.29, 0.717) is 40.8 Å². The van der Waals surface area contributed by atoms with Crippen molar-refractivity contribution in [1.82, 2.24) is 0 Å². The molecule has 0 aliphatic heterocycles. The van der Waals surface area contributed by atoms with Crippen LogP contribution in [0.3, 0.4) is 0 Å². The lowest BCUT2D eigenvalue weighted by atomic mass is 10.1. The van der Waals surface area contributed by atoms with Gasteiger partial charge in [-0.25, -0.2) is 0 Å². The van der Waals surface area contributed by atoms with Crippen LogP contribution >= 0.6 is 11.8 Å². The van der Waals surface area contributed by atoms with E-state index < -0.39 is 0 Å². The fourth-order valence-corrected chi connectivity index (χ4v) is 3.87. The fourth-order valence-electron chi connectivity index (χ4n) is 3.12. The van der Waals surface area contributed by atoms with Gasteiger partial charge in [0, 0.05) is 10.6 Å². The number of amides is 2. The van der Waals surface area contributed by atoms with E-state index in [4.69, 9.17) is 14.2 Å². The minimum absolute atomic E-state index is 0.152. The van der Waals surface area contributed by atoms with Gasteiger partial charge in [-0.3, -0.25) is 9.59 Å². The van der Waals surface area contributed by atoms with Gasteiger partial charge in [-0.15, -0.1) is 11.8 Å². The van der Waals surface area contributed by atoms with E-state index in [1.165, 1.54) is 26.0 Å². The normalized spacial score (nSPS) is 10.3. The third-order valence-electron chi connectivity index (χ3n) is 4.58. The number of rotatable bonds is 10. The number of benzene rings is 3. The van der Waals surface area contributed by atoms with Crippen LogP contribution in [0.5, 0.6) is 17.2 Å². The lowest BCUT2D eigenvalue weighted by Crippen LogP contribution is -2.15. The van der Waals surface area contributed by atoms with E-state index in [1.54, 1.807) is 30.3 Å². The maximum Gasteiger partial charge on any atom is 0.263 e. The molecular formula is C25H26N2O5S. The number of methoxy groups -OCH3 is 2. The second kappa shape index (κ2) is 11.8. The summed E-state index contributed by atoms with van der Waals surface area (Å²) in [5, 5.41) is 5.74. The van der Waals surface area contributed by atoms with Crippen LogP contribution in [0, 0.1) is 0 Å². The van der Waals surface area contributed by atoms with Crippen molar-refractivity contribution in [2.24, 2.45) is 0 Å². The van der Waals surface area contributed by atoms with Gasteiger partial charge < -0.3 is 24.8 Å². The molecular weight excluding hydrogens is 440 g/mol. The number of para-hydroxylation sites is 2. The topological polar surface area (TPSA) is 85.9 Å². The highest BCUT2D eigenvalue weighted by atomic mass is 32.2. The monoisotopic (exact) mass is 466 g/mol. The molecule has 0 aliphatic rings. The number of anilines is 2. The van der Waals surface area contributed by atoms with Crippen LogP contribution in [0.1, 0.15) is 17.3 Å². The number of nitrogens with one attached hydrogen (secondary N) is 2. The van der Waals surface area contributed by atoms with E-state index in [2.05, 4.69) is 10.6 Å². The number of ether oxygens (including phenoxy) is 3. The van der Waals surface area contributed by atoms with Crippen molar-refractivity contribution in [2.45, 2.75) is 11.8 Å². The second-order valence-corrected chi connectivity index (χ2v) is 7.83. The first kappa shape index (κ1) is 24.0. The van der Waals surface area contributed by atoms with E-state index >= 15 is 0 Å². The van der Waals surface area contributed by atoms with Crippen LogP contribution < -0.4 is 24.8 Å². The zero-order chi connectivity index (χ0) is 23.6. The Morgan fingerprint density at radius 2 is 1.52 bits per heavy atom. The average molecular weight is 467 g/mol. The molecule has 0 atom stereocenters. The van der Waals surface area contributed by atoms with Gasteiger partial charge in [-0.05, 0) is 49.4 Å². The molecule has 7 nitrogen and oxygen atoms in total. The first-order valence-electron chi connectivity index (χ1n) is 10.3. The molecule has 3 aromatic carbocycles. The number of carbonyl (C=O) groups excluding carboxylic acids is 2. The van der Waals surface area contributed by atoms with Crippen molar-refractivity contribution in [3.8, 4) is 17.2 Å². The SMILES string of the molecule is CCOc1ccccc1NC(=O)CSc1cccc(NC(=O)c2c(OC)cccc2OC)c1. The molecule has 0 unspecified atom stereocenters. The first-order valence-corrected chi connectivity index (χ1v) is 11.3. The summed E-state index contributed by atoms with van der Waals surface area (Å²) in [6, 6.07) is 19.8. The van der Waals surface area contributed by atoms with Gasteiger partial charge in [0.15, 0.2) is 0 Å². The van der Waals surface area contributed by atoms with E-state index in [0.717, 1.165) is 4.90 Å². The highest BCUT2D eigenvalue weighted by Crippen LogP contribution is 2.30. The van der Waals surface area contributed by atoms with Crippen LogP contribution in [-0.4, -0.2) is 38.4 Å². The fraction of sp³-hybridized carbons (Fsp3) is 0.200. The summed E-state index contributed by atoms with van der Waals surface area (Å²) < 4.78 is 16.2. The highest BCUT2D eigenvalue weighted by molar-refractivity contribution is 8.00. The maximum absolute atomic E-state index is 12.9. The van der Waals surface area contributed by atoms with Crippen molar-refractivity contribution in [3.63, 3.8) is 0 Å². The summed E-state index contributed by atoms with van der Waals surface area (Å²) in [4.78, 5) is 26.2. The molecule has 0 heterocycles. The number of hydrogen-bond acceptors (Lipinski definition) is 6. The Labute approximate surface area is 197 Å². The Bertz CT molecular complexity index is 1100. The summed E-state index contributed by atoms with van der Waals surface area (Å²) >= 11 is 1.37. The summed E-state index contributed by atoms with van der Waals surface area (Å²) in [6.45, 7) is 2.41. The molecule has 33 heavy (non-hydrogen) atoms. The molecule has 0 aliphatic carbocycles. The third-order valence-corrected chi connectivity index (χ3v) is 5.57. The third kappa shape index (κ3) is 6.43. The molecule has 3 aromatic rings. The van der Waals surface area contributed by atoms with Crippen molar-refractivity contribution in [3.05, 3.63) is 72.3 Å². The maximum atomic E-state index is 12.9. The van der Waals surface area contributed by atoms with Gasteiger partial charge in [0.05, 0.1) is 32.3 Å². The average Bonchev–Trinajstić information content (AvgIpc) is 2.83. The zero-order valence-electron chi connectivity index (χ0n) is 18.7. The molecule has 0 aromatic heterocycles. The Balaban J connectivity index is 1.64. The molecule has 0 fully saturated rings. The predicted molar refractivity (Wildman–Crippen MR) is 131 cm³/mol. The molecule has 0 bridgehead atoms. The standard InChI is InChI=1S/C25H26N2O5S/c1-4-32-20-12-6-5-11-19(20)27-23(28)16-33-18-10-7-9-17(15-18)26-25(29)24-21(30-2)13-8-14-22(24)31-3/h5-15H,4,16H2,1-3H3,(H,26,29)(H,27,28). The zero-order valence-corrected chi connectivity index (χ0v) is 19.5. The Kier molecular flexibility index (Phi) is 8.60. The molecule has 2 amide bonds. The minimum atomic E-state index is -0.350. The molecule has 0 spiro atoms. The number of carbonyl (C=O) groups is 2. The van der Waals surface area contributed by atoms with Gasteiger partial charge in [-0.1, -0.05) is 24.3 Å². The van der Waals surface area contributed by atoms with Crippen molar-refractivity contribution in [2.75, 3.05) is 37.2 Å². The van der Waals surface area contributed by atoms with Crippen LogP contribution in [0.4, 0.5) is 11.4 Å². The Morgan fingerprint density at radius 3 is 2.21 bits per heavy atom. The Morgan fingerprint density at radius 1 is 0.848 bits per heavy atom. The highest BCUT2D eigenvalue weighted by Gasteiger charge is 2.18. The van der Waals surface area contributed by atoms with Crippen molar-refractivity contribution < 1.29 is 23.8 Å². The number of thioether (sulfide) groups is 1. The smallest absolute Gasteiger partial charge is 0.263 e.